The Labute approximate surface area is 115 Å². The molecule has 0 aliphatic carbocycles. The van der Waals surface area contributed by atoms with E-state index in [1.807, 2.05) is 24.4 Å². The monoisotopic (exact) mass is 258 g/mol. The van der Waals surface area contributed by atoms with Crippen molar-refractivity contribution < 1.29 is 4.74 Å². The van der Waals surface area contributed by atoms with Crippen molar-refractivity contribution in [2.45, 2.75) is 39.2 Å². The fraction of sp³-hybridized carbons (Fsp3) is 0.438. The summed E-state index contributed by atoms with van der Waals surface area (Å²) in [7, 11) is 1.69. The number of nitrogens with one attached hydrogen (secondary N) is 1. The number of methoxy groups -OCH3 is 1. The molecule has 1 N–H and O–H groups in total. The minimum absolute atomic E-state index is 0.445. The minimum atomic E-state index is 0.445. The van der Waals surface area contributed by atoms with Gasteiger partial charge in [-0.15, -0.1) is 0 Å². The Morgan fingerprint density at radius 1 is 1.32 bits per heavy atom. The van der Waals surface area contributed by atoms with Crippen molar-refractivity contribution in [1.29, 1.82) is 0 Å². The zero-order valence-electron chi connectivity index (χ0n) is 11.9. The molecule has 1 unspecified atom stereocenters. The maximum atomic E-state index is 5.26. The number of fused-ring (bicyclic) bond motifs is 1. The van der Waals surface area contributed by atoms with Gasteiger partial charge in [0.15, 0.2) is 0 Å². The highest BCUT2D eigenvalue weighted by Gasteiger charge is 2.07. The topological polar surface area (TPSA) is 34.2 Å². The molecule has 3 nitrogen and oxygen atoms in total. The SMILES string of the molecule is CCCCC(C)Nc1nccc2cc(OC)ccc12. The van der Waals surface area contributed by atoms with E-state index in [0.29, 0.717) is 6.04 Å². The Bertz CT molecular complexity index is 539. The maximum Gasteiger partial charge on any atom is 0.134 e. The van der Waals surface area contributed by atoms with Crippen molar-refractivity contribution in [3.05, 3.63) is 30.5 Å². The van der Waals surface area contributed by atoms with Crippen LogP contribution >= 0.6 is 0 Å². The van der Waals surface area contributed by atoms with E-state index in [-0.39, 0.29) is 0 Å². The smallest absolute Gasteiger partial charge is 0.134 e. The number of hydrogen-bond acceptors (Lipinski definition) is 3. The molecule has 1 aromatic carbocycles. The van der Waals surface area contributed by atoms with Crippen LogP contribution in [0.5, 0.6) is 5.75 Å². The fourth-order valence-electron chi connectivity index (χ4n) is 2.21. The number of benzene rings is 1. The fourth-order valence-corrected chi connectivity index (χ4v) is 2.21. The number of aromatic nitrogens is 1. The van der Waals surface area contributed by atoms with E-state index in [4.69, 9.17) is 4.74 Å². The Morgan fingerprint density at radius 3 is 2.89 bits per heavy atom. The van der Waals surface area contributed by atoms with Gasteiger partial charge in [0, 0.05) is 17.6 Å². The predicted molar refractivity (Wildman–Crippen MR) is 80.9 cm³/mol. The second-order valence-corrected chi connectivity index (χ2v) is 4.93. The van der Waals surface area contributed by atoms with Gasteiger partial charge >= 0.3 is 0 Å². The van der Waals surface area contributed by atoms with Gasteiger partial charge in [-0.05, 0) is 43.0 Å². The Morgan fingerprint density at radius 2 is 2.16 bits per heavy atom. The Kier molecular flexibility index (Phi) is 4.61. The Hall–Kier alpha value is -1.77. The highest BCUT2D eigenvalue weighted by atomic mass is 16.5. The molecule has 2 aromatic rings. The molecule has 0 aliphatic rings. The van der Waals surface area contributed by atoms with Crippen LogP contribution < -0.4 is 10.1 Å². The molecule has 1 atom stereocenters. The molecule has 3 heteroatoms. The molecule has 102 valence electrons. The van der Waals surface area contributed by atoms with Crippen LogP contribution in [0.25, 0.3) is 10.8 Å². The molecule has 0 spiro atoms. The van der Waals surface area contributed by atoms with Crippen LogP contribution in [0, 0.1) is 0 Å². The molecule has 1 heterocycles. The van der Waals surface area contributed by atoms with Gasteiger partial charge in [-0.25, -0.2) is 4.98 Å². The molecule has 0 amide bonds. The number of anilines is 1. The summed E-state index contributed by atoms with van der Waals surface area (Å²) in [5.41, 5.74) is 0. The van der Waals surface area contributed by atoms with E-state index in [9.17, 15) is 0 Å². The Balaban J connectivity index is 2.23. The van der Waals surface area contributed by atoms with Crippen molar-refractivity contribution in [2.24, 2.45) is 0 Å². The van der Waals surface area contributed by atoms with Gasteiger partial charge in [0.2, 0.25) is 0 Å². The quantitative estimate of drug-likeness (QED) is 0.841. The van der Waals surface area contributed by atoms with Crippen molar-refractivity contribution in [2.75, 3.05) is 12.4 Å². The summed E-state index contributed by atoms with van der Waals surface area (Å²) in [6, 6.07) is 8.54. The highest BCUT2D eigenvalue weighted by molar-refractivity contribution is 5.92. The van der Waals surface area contributed by atoms with E-state index < -0.39 is 0 Å². The third kappa shape index (κ3) is 3.37. The summed E-state index contributed by atoms with van der Waals surface area (Å²) >= 11 is 0. The predicted octanol–water partition coefficient (Wildman–Crippen LogP) is 4.23. The van der Waals surface area contributed by atoms with E-state index >= 15 is 0 Å². The summed E-state index contributed by atoms with van der Waals surface area (Å²) in [4.78, 5) is 4.46. The number of ether oxygens (including phenoxy) is 1. The average molecular weight is 258 g/mol. The number of unbranched alkanes of at least 4 members (excludes halogenated alkanes) is 1. The summed E-state index contributed by atoms with van der Waals surface area (Å²) < 4.78 is 5.26. The van der Waals surface area contributed by atoms with Crippen LogP contribution in [-0.4, -0.2) is 18.1 Å². The number of rotatable bonds is 6. The van der Waals surface area contributed by atoms with Crippen molar-refractivity contribution in [1.82, 2.24) is 4.98 Å². The average Bonchev–Trinajstić information content (AvgIpc) is 2.44. The van der Waals surface area contributed by atoms with E-state index in [1.54, 1.807) is 7.11 Å². The van der Waals surface area contributed by atoms with Crippen molar-refractivity contribution >= 4 is 16.6 Å². The standard InChI is InChI=1S/C16H22N2O/c1-4-5-6-12(2)18-16-15-8-7-14(19-3)11-13(15)9-10-17-16/h7-12H,4-6H2,1-3H3,(H,17,18). The first-order valence-electron chi connectivity index (χ1n) is 6.94. The number of nitrogens with zero attached hydrogens (tertiary/aromatic N) is 1. The molecule has 0 bridgehead atoms. The first-order chi connectivity index (χ1) is 9.24. The summed E-state index contributed by atoms with van der Waals surface area (Å²) in [6.07, 6.45) is 5.49. The number of pyridine rings is 1. The van der Waals surface area contributed by atoms with Crippen LogP contribution in [0.4, 0.5) is 5.82 Å². The summed E-state index contributed by atoms with van der Waals surface area (Å²) in [5.74, 6) is 1.84. The van der Waals surface area contributed by atoms with Crippen LogP contribution in [0.2, 0.25) is 0 Å². The molecule has 0 saturated carbocycles. The molecule has 19 heavy (non-hydrogen) atoms. The maximum absolute atomic E-state index is 5.26. The van der Waals surface area contributed by atoms with Crippen molar-refractivity contribution in [3.8, 4) is 5.75 Å². The van der Waals surface area contributed by atoms with Gasteiger partial charge in [-0.1, -0.05) is 19.8 Å². The van der Waals surface area contributed by atoms with Crippen LogP contribution in [0.1, 0.15) is 33.1 Å². The molecule has 0 saturated heterocycles. The molecule has 1 aromatic heterocycles. The lowest BCUT2D eigenvalue weighted by molar-refractivity contribution is 0.415. The van der Waals surface area contributed by atoms with Gasteiger partial charge in [-0.2, -0.15) is 0 Å². The van der Waals surface area contributed by atoms with Crippen LogP contribution in [-0.2, 0) is 0 Å². The minimum Gasteiger partial charge on any atom is -0.497 e. The number of hydrogen-bond donors (Lipinski definition) is 1. The molecule has 0 radical (unpaired) electrons. The normalized spacial score (nSPS) is 12.4. The lowest BCUT2D eigenvalue weighted by atomic mass is 10.1. The van der Waals surface area contributed by atoms with Gasteiger partial charge in [0.05, 0.1) is 7.11 Å². The first-order valence-corrected chi connectivity index (χ1v) is 6.94. The van der Waals surface area contributed by atoms with E-state index in [2.05, 4.69) is 30.2 Å². The summed E-state index contributed by atoms with van der Waals surface area (Å²) in [6.45, 7) is 4.43. The van der Waals surface area contributed by atoms with Gasteiger partial charge < -0.3 is 10.1 Å². The third-order valence-corrected chi connectivity index (χ3v) is 3.35. The van der Waals surface area contributed by atoms with Gasteiger partial charge in [-0.3, -0.25) is 0 Å². The van der Waals surface area contributed by atoms with E-state index in [1.165, 1.54) is 19.3 Å². The molecular weight excluding hydrogens is 236 g/mol. The largest absolute Gasteiger partial charge is 0.497 e. The highest BCUT2D eigenvalue weighted by Crippen LogP contribution is 2.26. The molecule has 0 aliphatic heterocycles. The second-order valence-electron chi connectivity index (χ2n) is 4.93. The third-order valence-electron chi connectivity index (χ3n) is 3.35. The summed E-state index contributed by atoms with van der Waals surface area (Å²) in [5, 5.41) is 5.80. The zero-order valence-corrected chi connectivity index (χ0v) is 11.9. The van der Waals surface area contributed by atoms with Gasteiger partial charge in [0.1, 0.15) is 11.6 Å². The van der Waals surface area contributed by atoms with E-state index in [0.717, 1.165) is 22.3 Å². The molecule has 2 rings (SSSR count). The lowest BCUT2D eigenvalue weighted by Gasteiger charge is -2.15. The molecular formula is C16H22N2O. The van der Waals surface area contributed by atoms with Gasteiger partial charge in [0.25, 0.3) is 0 Å². The lowest BCUT2D eigenvalue weighted by Crippen LogP contribution is -2.15. The van der Waals surface area contributed by atoms with Crippen LogP contribution in [0.15, 0.2) is 30.5 Å². The van der Waals surface area contributed by atoms with Crippen molar-refractivity contribution in [3.63, 3.8) is 0 Å². The zero-order chi connectivity index (χ0) is 13.7. The van der Waals surface area contributed by atoms with Crippen LogP contribution in [0.3, 0.4) is 0 Å². The second kappa shape index (κ2) is 6.41. The molecule has 0 fully saturated rings. The first kappa shape index (κ1) is 13.7.